The van der Waals surface area contributed by atoms with Crippen LogP contribution in [0.4, 0.5) is 5.69 Å². The highest BCUT2D eigenvalue weighted by molar-refractivity contribution is 6.08. The fraction of sp³-hybridized carbons (Fsp3) is 0.115. The van der Waals surface area contributed by atoms with Gasteiger partial charge in [0.15, 0.2) is 0 Å². The first-order valence-corrected chi connectivity index (χ1v) is 10.8. The zero-order chi connectivity index (χ0) is 24.6. The number of para-hydroxylation sites is 1. The van der Waals surface area contributed by atoms with E-state index in [1.54, 1.807) is 53.6 Å². The highest BCUT2D eigenvalue weighted by atomic mass is 16.5. The van der Waals surface area contributed by atoms with Gasteiger partial charge >= 0.3 is 5.97 Å². The molecule has 2 aromatic heterocycles. The van der Waals surface area contributed by atoms with Crippen molar-refractivity contribution in [2.45, 2.75) is 6.42 Å². The molecule has 0 aliphatic rings. The predicted octanol–water partition coefficient (Wildman–Crippen LogP) is 3.02. The number of nitrogens with one attached hydrogen (secondary N) is 2. The fourth-order valence-electron chi connectivity index (χ4n) is 3.36. The summed E-state index contributed by atoms with van der Waals surface area (Å²) in [6.07, 6.45) is 5.11. The lowest BCUT2D eigenvalue weighted by atomic mass is 10.1. The van der Waals surface area contributed by atoms with Crippen molar-refractivity contribution in [1.82, 2.24) is 20.1 Å². The maximum atomic E-state index is 13.2. The minimum Gasteiger partial charge on any atom is -0.468 e. The first-order chi connectivity index (χ1) is 17.0. The number of methoxy groups -OCH3 is 1. The van der Waals surface area contributed by atoms with Crippen LogP contribution in [0.5, 0.6) is 0 Å². The van der Waals surface area contributed by atoms with E-state index < -0.39 is 5.97 Å². The molecule has 2 N–H and O–H groups in total. The normalized spacial score (nSPS) is 10.4. The summed E-state index contributed by atoms with van der Waals surface area (Å²) < 4.78 is 6.16. The van der Waals surface area contributed by atoms with Gasteiger partial charge in [-0.05, 0) is 42.0 Å². The molecule has 0 saturated carbocycles. The second kappa shape index (κ2) is 10.9. The van der Waals surface area contributed by atoms with E-state index in [-0.39, 0.29) is 24.8 Å². The molecule has 2 aromatic carbocycles. The fourth-order valence-corrected chi connectivity index (χ4v) is 3.36. The molecule has 0 unspecified atom stereocenters. The van der Waals surface area contributed by atoms with E-state index in [2.05, 4.69) is 25.5 Å². The average Bonchev–Trinajstić information content (AvgIpc) is 3.35. The molecule has 9 nitrogen and oxygen atoms in total. The number of hydrogen-bond donors (Lipinski definition) is 2. The highest BCUT2D eigenvalue weighted by Gasteiger charge is 2.19. The molecule has 0 spiro atoms. The minimum absolute atomic E-state index is 0.0974. The van der Waals surface area contributed by atoms with Gasteiger partial charge in [-0.25, -0.2) is 4.68 Å². The van der Waals surface area contributed by atoms with Gasteiger partial charge in [0, 0.05) is 29.8 Å². The molecule has 4 aromatic rings. The standard InChI is InChI=1S/C26H23N5O4/c1-35-24(33)16-28-23(32)14-18-9-11-20(12-10-18)29-26(34)22-17-31(21-7-3-2-4-8-21)30-25(22)19-6-5-13-27-15-19/h2-13,15,17H,14,16H2,1H3,(H,28,32)(H,29,34). The summed E-state index contributed by atoms with van der Waals surface area (Å²) in [6.45, 7) is -0.181. The summed E-state index contributed by atoms with van der Waals surface area (Å²) in [5, 5.41) is 10.0. The maximum absolute atomic E-state index is 13.2. The number of anilines is 1. The van der Waals surface area contributed by atoms with Crippen LogP contribution in [-0.2, 0) is 20.7 Å². The Morgan fingerprint density at radius 1 is 0.971 bits per heavy atom. The molecule has 35 heavy (non-hydrogen) atoms. The van der Waals surface area contributed by atoms with Crippen molar-refractivity contribution < 1.29 is 19.1 Å². The Morgan fingerprint density at radius 3 is 2.43 bits per heavy atom. The van der Waals surface area contributed by atoms with Gasteiger partial charge < -0.3 is 15.4 Å². The molecule has 176 valence electrons. The minimum atomic E-state index is -0.516. The molecule has 9 heteroatoms. The second-order valence-corrected chi connectivity index (χ2v) is 7.59. The van der Waals surface area contributed by atoms with Gasteiger partial charge in [-0.15, -0.1) is 0 Å². The Kier molecular flexibility index (Phi) is 7.27. The smallest absolute Gasteiger partial charge is 0.325 e. The van der Waals surface area contributed by atoms with Crippen molar-refractivity contribution in [3.8, 4) is 16.9 Å². The number of carbonyl (C=O) groups excluding carboxylic acids is 3. The number of benzene rings is 2. The van der Waals surface area contributed by atoms with Crippen LogP contribution in [-0.4, -0.2) is 46.2 Å². The van der Waals surface area contributed by atoms with Gasteiger partial charge in [-0.2, -0.15) is 5.10 Å². The van der Waals surface area contributed by atoms with Crippen LogP contribution in [0.2, 0.25) is 0 Å². The van der Waals surface area contributed by atoms with E-state index in [1.807, 2.05) is 36.4 Å². The first kappa shape index (κ1) is 23.4. The topological polar surface area (TPSA) is 115 Å². The molecular weight excluding hydrogens is 446 g/mol. The second-order valence-electron chi connectivity index (χ2n) is 7.59. The molecule has 0 bridgehead atoms. The van der Waals surface area contributed by atoms with Crippen LogP contribution in [0.1, 0.15) is 15.9 Å². The predicted molar refractivity (Wildman–Crippen MR) is 130 cm³/mol. The van der Waals surface area contributed by atoms with Crippen LogP contribution in [0.3, 0.4) is 0 Å². The SMILES string of the molecule is COC(=O)CNC(=O)Cc1ccc(NC(=O)c2cn(-c3ccccc3)nc2-c2cccnc2)cc1. The third-order valence-corrected chi connectivity index (χ3v) is 5.15. The molecule has 0 fully saturated rings. The van der Waals surface area contributed by atoms with Gasteiger partial charge in [-0.1, -0.05) is 30.3 Å². The third-order valence-electron chi connectivity index (χ3n) is 5.15. The molecule has 4 rings (SSSR count). The number of carbonyl (C=O) groups is 3. The zero-order valence-corrected chi connectivity index (χ0v) is 19.0. The van der Waals surface area contributed by atoms with Gasteiger partial charge in [-0.3, -0.25) is 19.4 Å². The highest BCUT2D eigenvalue weighted by Crippen LogP contribution is 2.24. The van der Waals surface area contributed by atoms with Crippen molar-refractivity contribution in [1.29, 1.82) is 0 Å². The lowest BCUT2D eigenvalue weighted by Gasteiger charge is -2.07. The first-order valence-electron chi connectivity index (χ1n) is 10.8. The summed E-state index contributed by atoms with van der Waals surface area (Å²) in [5.74, 6) is -1.14. The number of rotatable bonds is 8. The van der Waals surface area contributed by atoms with E-state index >= 15 is 0 Å². The Balaban J connectivity index is 1.50. The summed E-state index contributed by atoms with van der Waals surface area (Å²) in [5.41, 5.74) is 3.76. The summed E-state index contributed by atoms with van der Waals surface area (Å²) >= 11 is 0. The largest absolute Gasteiger partial charge is 0.468 e. The Hall–Kier alpha value is -4.79. The lowest BCUT2D eigenvalue weighted by molar-refractivity contribution is -0.141. The van der Waals surface area contributed by atoms with E-state index in [4.69, 9.17) is 0 Å². The number of ether oxygens (including phenoxy) is 1. The molecule has 0 saturated heterocycles. The van der Waals surface area contributed by atoms with E-state index in [9.17, 15) is 14.4 Å². The van der Waals surface area contributed by atoms with Crippen LogP contribution in [0.15, 0.2) is 85.3 Å². The summed E-state index contributed by atoms with van der Waals surface area (Å²) in [6, 6.07) is 20.1. The van der Waals surface area contributed by atoms with Gasteiger partial charge in [0.25, 0.3) is 5.91 Å². The molecule has 0 aliphatic carbocycles. The molecule has 0 aliphatic heterocycles. The van der Waals surface area contributed by atoms with Crippen molar-refractivity contribution in [3.63, 3.8) is 0 Å². The van der Waals surface area contributed by atoms with Crippen LogP contribution in [0.25, 0.3) is 16.9 Å². The zero-order valence-electron chi connectivity index (χ0n) is 19.0. The summed E-state index contributed by atoms with van der Waals surface area (Å²) in [4.78, 5) is 40.5. The average molecular weight is 470 g/mol. The number of esters is 1. The number of aromatic nitrogens is 3. The molecular formula is C26H23N5O4. The Morgan fingerprint density at radius 2 is 1.74 bits per heavy atom. The van der Waals surface area contributed by atoms with Crippen molar-refractivity contribution in [2.24, 2.45) is 0 Å². The molecule has 2 heterocycles. The third kappa shape index (κ3) is 5.97. The maximum Gasteiger partial charge on any atom is 0.325 e. The van der Waals surface area contributed by atoms with Gasteiger partial charge in [0.05, 0.1) is 24.8 Å². The van der Waals surface area contributed by atoms with Crippen molar-refractivity contribution >= 4 is 23.5 Å². The number of hydrogen-bond acceptors (Lipinski definition) is 6. The van der Waals surface area contributed by atoms with Gasteiger partial charge in [0.2, 0.25) is 5.91 Å². The van der Waals surface area contributed by atoms with Gasteiger partial charge in [0.1, 0.15) is 12.2 Å². The summed E-state index contributed by atoms with van der Waals surface area (Å²) in [7, 11) is 1.26. The van der Waals surface area contributed by atoms with Crippen LogP contribution in [0, 0.1) is 0 Å². The van der Waals surface area contributed by atoms with Crippen LogP contribution < -0.4 is 10.6 Å². The Bertz CT molecular complexity index is 1320. The molecule has 2 amide bonds. The van der Waals surface area contributed by atoms with Crippen molar-refractivity contribution in [2.75, 3.05) is 19.0 Å². The van der Waals surface area contributed by atoms with E-state index in [1.165, 1.54) is 7.11 Å². The Labute approximate surface area is 201 Å². The monoisotopic (exact) mass is 469 g/mol. The lowest BCUT2D eigenvalue weighted by Crippen LogP contribution is -2.31. The number of pyridine rings is 1. The number of amides is 2. The number of nitrogens with zero attached hydrogens (tertiary/aromatic N) is 3. The van der Waals surface area contributed by atoms with E-state index in [0.29, 0.717) is 16.9 Å². The molecule has 0 radical (unpaired) electrons. The van der Waals surface area contributed by atoms with Crippen LogP contribution >= 0.6 is 0 Å². The van der Waals surface area contributed by atoms with Crippen molar-refractivity contribution in [3.05, 3.63) is 96.4 Å². The molecule has 0 atom stereocenters. The van der Waals surface area contributed by atoms with E-state index in [0.717, 1.165) is 16.8 Å². The quantitative estimate of drug-likeness (QED) is 0.384.